The molecule has 5 rings (SSSR count). The number of benzene rings is 4. The van der Waals surface area contributed by atoms with Gasteiger partial charge in [0.2, 0.25) is 0 Å². The molecule has 0 fully saturated rings. The first-order chi connectivity index (χ1) is 17.1. The molecule has 0 amide bonds. The van der Waals surface area contributed by atoms with Gasteiger partial charge in [-0.2, -0.15) is 0 Å². The molecule has 0 atom stereocenters. The number of nitrogens with one attached hydrogen (secondary N) is 1. The molecule has 0 saturated carbocycles. The van der Waals surface area contributed by atoms with E-state index in [2.05, 4.69) is 5.32 Å². The number of anilines is 4. The second kappa shape index (κ2) is 10.1. The van der Waals surface area contributed by atoms with Gasteiger partial charge in [0, 0.05) is 22.5 Å². The maximum Gasteiger partial charge on any atom is 1.00 e. The topological polar surface area (TPSA) is 155 Å². The van der Waals surface area contributed by atoms with E-state index in [9.17, 15) is 22.6 Å². The summed E-state index contributed by atoms with van der Waals surface area (Å²) in [7, 11) is -5.04. The fourth-order valence-electron chi connectivity index (χ4n) is 4.38. The monoisotopic (exact) mass is 521 g/mol. The number of para-hydroxylation sites is 1. The zero-order valence-electron chi connectivity index (χ0n) is 19.8. The van der Waals surface area contributed by atoms with Crippen LogP contribution >= 0.6 is 0 Å². The summed E-state index contributed by atoms with van der Waals surface area (Å²) in [6.45, 7) is 0. The van der Waals surface area contributed by atoms with Crippen molar-refractivity contribution in [3.05, 3.63) is 112 Å². The molecule has 0 heterocycles. The van der Waals surface area contributed by atoms with E-state index in [0.717, 1.165) is 17.2 Å². The molecule has 1 aliphatic carbocycles. The van der Waals surface area contributed by atoms with E-state index in [4.69, 9.17) is 11.5 Å². The summed E-state index contributed by atoms with van der Waals surface area (Å²) in [6.07, 6.45) is 0.604. The van der Waals surface area contributed by atoms with Gasteiger partial charge in [-0.05, 0) is 41.8 Å². The Balaban J connectivity index is 0.00000320. The first-order valence-electron chi connectivity index (χ1n) is 11.0. The van der Waals surface area contributed by atoms with Crippen molar-refractivity contribution in [2.45, 2.75) is 11.3 Å². The Kier molecular flexibility index (Phi) is 7.27. The van der Waals surface area contributed by atoms with Gasteiger partial charge < -0.3 is 21.3 Å². The molecule has 0 unspecified atom stereocenters. The molecule has 4 aromatic carbocycles. The maximum absolute atomic E-state index is 13.4. The predicted molar refractivity (Wildman–Crippen MR) is 136 cm³/mol. The fourth-order valence-corrected chi connectivity index (χ4v) is 5.01. The summed E-state index contributed by atoms with van der Waals surface area (Å²) < 4.78 is 35.9. The molecule has 0 bridgehead atoms. The van der Waals surface area contributed by atoms with Crippen LogP contribution in [0.1, 0.15) is 43.0 Å². The van der Waals surface area contributed by atoms with Crippen molar-refractivity contribution in [1.29, 1.82) is 0 Å². The Morgan fingerprint density at radius 2 is 1.35 bits per heavy atom. The van der Waals surface area contributed by atoms with Gasteiger partial charge in [0.25, 0.3) is 0 Å². The average molecular weight is 522 g/mol. The van der Waals surface area contributed by atoms with Crippen LogP contribution in [0.5, 0.6) is 0 Å². The fraction of sp³-hybridized carbons (Fsp3) is 0.0370. The van der Waals surface area contributed by atoms with Crippen molar-refractivity contribution in [2.75, 3.05) is 16.8 Å². The smallest absolute Gasteiger partial charge is 0.744 e. The summed E-state index contributed by atoms with van der Waals surface area (Å²) in [4.78, 5) is 25.9. The van der Waals surface area contributed by atoms with E-state index < -0.39 is 32.3 Å². The Morgan fingerprint density at radius 1 is 0.784 bits per heavy atom. The van der Waals surface area contributed by atoms with E-state index in [1.54, 1.807) is 24.3 Å². The van der Waals surface area contributed by atoms with Crippen LogP contribution in [-0.4, -0.2) is 24.5 Å². The predicted octanol–water partition coefficient (Wildman–Crippen LogP) is 0.869. The van der Waals surface area contributed by atoms with Crippen LogP contribution in [-0.2, 0) is 16.5 Å². The molecular formula is C27H20N3NaO5S. The van der Waals surface area contributed by atoms with Crippen molar-refractivity contribution in [3.63, 3.8) is 0 Å². The van der Waals surface area contributed by atoms with E-state index in [1.807, 2.05) is 36.4 Å². The molecule has 10 heteroatoms. The van der Waals surface area contributed by atoms with Gasteiger partial charge in [0.05, 0.1) is 27.4 Å². The van der Waals surface area contributed by atoms with Gasteiger partial charge >= 0.3 is 29.6 Å². The Morgan fingerprint density at radius 3 is 1.95 bits per heavy atom. The van der Waals surface area contributed by atoms with Gasteiger partial charge in [-0.25, -0.2) is 8.42 Å². The van der Waals surface area contributed by atoms with Crippen LogP contribution in [0, 0.1) is 0 Å². The first kappa shape index (κ1) is 26.6. The van der Waals surface area contributed by atoms with Crippen molar-refractivity contribution in [3.8, 4) is 0 Å². The van der Waals surface area contributed by atoms with Crippen LogP contribution < -0.4 is 46.3 Å². The second-order valence-electron chi connectivity index (χ2n) is 8.44. The molecule has 5 N–H and O–H groups in total. The second-order valence-corrected chi connectivity index (χ2v) is 9.79. The molecule has 0 aromatic heterocycles. The molecule has 180 valence electrons. The van der Waals surface area contributed by atoms with Crippen LogP contribution in [0.2, 0.25) is 0 Å². The summed E-state index contributed by atoms with van der Waals surface area (Å²) >= 11 is 0. The molecule has 0 saturated heterocycles. The van der Waals surface area contributed by atoms with E-state index >= 15 is 0 Å². The summed E-state index contributed by atoms with van der Waals surface area (Å²) in [5.41, 5.74) is 14.5. The van der Waals surface area contributed by atoms with Gasteiger partial charge in [-0.1, -0.05) is 54.6 Å². The Bertz CT molecular complexity index is 1670. The number of carbonyl (C=O) groups is 2. The summed E-state index contributed by atoms with van der Waals surface area (Å²) in [6, 6.07) is 21.9. The van der Waals surface area contributed by atoms with E-state index in [1.165, 1.54) is 12.1 Å². The number of ketones is 2. The molecule has 4 aromatic rings. The van der Waals surface area contributed by atoms with E-state index in [0.29, 0.717) is 17.8 Å². The normalized spacial score (nSPS) is 12.4. The number of rotatable bonds is 5. The third kappa shape index (κ3) is 4.92. The maximum atomic E-state index is 13.4. The number of fused-ring (bicyclic) bond motifs is 2. The van der Waals surface area contributed by atoms with Crippen molar-refractivity contribution >= 4 is 44.4 Å². The number of hydrogen-bond acceptors (Lipinski definition) is 8. The number of carbonyl (C=O) groups excluding carboxylic acids is 2. The van der Waals surface area contributed by atoms with Gasteiger partial charge in [0.1, 0.15) is 10.1 Å². The molecule has 1 aliphatic rings. The van der Waals surface area contributed by atoms with Gasteiger partial charge in [-0.15, -0.1) is 0 Å². The molecule has 0 radical (unpaired) electrons. The van der Waals surface area contributed by atoms with Crippen LogP contribution in [0.3, 0.4) is 0 Å². The summed E-state index contributed by atoms with van der Waals surface area (Å²) in [5.74, 6) is -1.12. The standard InChI is InChI=1S/C27H21N3O5S.Na/c28-20-8-4-1-5-16(20)13-15-9-11-17(12-10-15)30-21-14-22(36(33,34)35)25(29)24-23(21)26(31)18-6-2-3-7-19(18)27(24)32;/h1-12,14,30H,13,28-29H2,(H,33,34,35);/q;+1/p-1. The zero-order valence-corrected chi connectivity index (χ0v) is 22.6. The Hall–Kier alpha value is -3.47. The third-order valence-corrected chi connectivity index (χ3v) is 7.03. The summed E-state index contributed by atoms with van der Waals surface area (Å²) in [5, 5.41) is 3.00. The first-order valence-corrected chi connectivity index (χ1v) is 12.4. The number of nitrogen functional groups attached to an aromatic ring is 2. The van der Waals surface area contributed by atoms with Crippen molar-refractivity contribution in [2.24, 2.45) is 0 Å². The van der Waals surface area contributed by atoms with Crippen molar-refractivity contribution in [1.82, 2.24) is 0 Å². The zero-order chi connectivity index (χ0) is 25.6. The average Bonchev–Trinajstić information content (AvgIpc) is 2.85. The van der Waals surface area contributed by atoms with Crippen LogP contribution in [0.25, 0.3) is 0 Å². The molecular weight excluding hydrogens is 501 g/mol. The number of nitrogens with two attached hydrogens (primary N) is 2. The minimum Gasteiger partial charge on any atom is -0.744 e. The molecule has 37 heavy (non-hydrogen) atoms. The number of hydrogen-bond donors (Lipinski definition) is 3. The molecule has 8 nitrogen and oxygen atoms in total. The SMILES string of the molecule is Nc1ccccc1Cc1ccc(Nc2cc(S(=O)(=O)[O-])c(N)c3c2C(=O)c2ccccc2C3=O)cc1.[Na+]. The van der Waals surface area contributed by atoms with Crippen LogP contribution in [0.15, 0.2) is 83.8 Å². The van der Waals surface area contributed by atoms with Crippen molar-refractivity contribution < 1.29 is 52.1 Å². The Labute approximate surface area is 235 Å². The van der Waals surface area contributed by atoms with Gasteiger partial charge in [-0.3, -0.25) is 9.59 Å². The molecule has 0 aliphatic heterocycles. The van der Waals surface area contributed by atoms with Gasteiger partial charge in [0.15, 0.2) is 11.6 Å². The minimum absolute atomic E-state index is 0. The third-order valence-electron chi connectivity index (χ3n) is 6.15. The van der Waals surface area contributed by atoms with Crippen LogP contribution in [0.4, 0.5) is 22.7 Å². The quantitative estimate of drug-likeness (QED) is 0.175. The molecule has 0 spiro atoms. The largest absolute Gasteiger partial charge is 1.00 e. The van der Waals surface area contributed by atoms with E-state index in [-0.39, 0.29) is 57.5 Å². The minimum atomic E-state index is -5.04.